The summed E-state index contributed by atoms with van der Waals surface area (Å²) >= 11 is 3.30. The quantitative estimate of drug-likeness (QED) is 0.748. The van der Waals surface area contributed by atoms with E-state index in [1.54, 1.807) is 23.0 Å². The zero-order chi connectivity index (χ0) is 11.9. The first-order valence-electron chi connectivity index (χ1n) is 4.82. The van der Waals surface area contributed by atoms with Crippen molar-refractivity contribution in [1.29, 1.82) is 0 Å². The number of ether oxygens (including phenoxy) is 1. The zero-order valence-electron chi connectivity index (χ0n) is 9.27. The highest BCUT2D eigenvalue weighted by molar-refractivity contribution is 9.10. The Hall–Kier alpha value is -1.30. The number of aromatic nitrogens is 3. The van der Waals surface area contributed by atoms with E-state index < -0.39 is 11.7 Å². The molecule has 0 fully saturated rings. The van der Waals surface area contributed by atoms with Gasteiger partial charge in [-0.15, -0.1) is 0 Å². The number of imidazole rings is 1. The van der Waals surface area contributed by atoms with E-state index in [2.05, 4.69) is 20.9 Å². The molecule has 2 rings (SSSR count). The fourth-order valence-electron chi connectivity index (χ4n) is 1.33. The van der Waals surface area contributed by atoms with Gasteiger partial charge in [-0.1, -0.05) is 0 Å². The molecule has 5 nitrogen and oxygen atoms in total. The third-order valence-electron chi connectivity index (χ3n) is 1.88. The van der Waals surface area contributed by atoms with Gasteiger partial charge in [-0.25, -0.2) is 14.3 Å². The van der Waals surface area contributed by atoms with E-state index in [4.69, 9.17) is 4.74 Å². The van der Waals surface area contributed by atoms with Gasteiger partial charge in [-0.3, -0.25) is 0 Å². The minimum absolute atomic E-state index is 0.438. The van der Waals surface area contributed by atoms with Crippen molar-refractivity contribution in [2.45, 2.75) is 26.4 Å². The van der Waals surface area contributed by atoms with E-state index >= 15 is 0 Å². The third kappa shape index (κ3) is 1.97. The van der Waals surface area contributed by atoms with Crippen LogP contribution in [0.5, 0.6) is 0 Å². The summed E-state index contributed by atoms with van der Waals surface area (Å²) in [6.45, 7) is 5.48. The largest absolute Gasteiger partial charge is 0.442 e. The van der Waals surface area contributed by atoms with E-state index in [1.165, 1.54) is 4.68 Å². The second kappa shape index (κ2) is 3.62. The summed E-state index contributed by atoms with van der Waals surface area (Å²) in [4.78, 5) is 16.0. The summed E-state index contributed by atoms with van der Waals surface area (Å²) < 4.78 is 8.91. The van der Waals surface area contributed by atoms with Gasteiger partial charge in [-0.2, -0.15) is 4.68 Å². The molecule has 2 aromatic rings. The number of hydrogen-bond donors (Lipinski definition) is 0. The summed E-state index contributed by atoms with van der Waals surface area (Å²) in [5, 5.41) is 0. The second-order valence-electron chi connectivity index (χ2n) is 4.39. The predicted molar refractivity (Wildman–Crippen MR) is 62.5 cm³/mol. The topological polar surface area (TPSA) is 48.5 Å². The average Bonchev–Trinajstić information content (AvgIpc) is 2.58. The lowest BCUT2D eigenvalue weighted by Crippen LogP contribution is -2.28. The normalized spacial score (nSPS) is 12.0. The number of halogens is 1. The molecule has 0 radical (unpaired) electrons. The van der Waals surface area contributed by atoms with Crippen LogP contribution < -0.4 is 0 Å². The summed E-state index contributed by atoms with van der Waals surface area (Å²) in [6.07, 6.45) is 2.89. The minimum atomic E-state index is -0.520. The molecule has 0 bridgehead atoms. The Bertz CT molecular complexity index is 536. The second-order valence-corrected chi connectivity index (χ2v) is 5.20. The van der Waals surface area contributed by atoms with Gasteiger partial charge in [0.25, 0.3) is 0 Å². The Labute approximate surface area is 101 Å². The SMILES string of the molecule is CC(C)(C)OC(=O)n1c(Br)cc2nccn21. The Balaban J connectivity index is 2.42. The Morgan fingerprint density at radius 1 is 1.50 bits per heavy atom. The standard InChI is InChI=1S/C10H12BrN3O2/c1-10(2,3)16-9(15)14-7(11)6-8-12-4-5-13(8)14/h4-6H,1-3H3. The molecule has 86 valence electrons. The first-order valence-corrected chi connectivity index (χ1v) is 5.62. The molecule has 0 aliphatic heterocycles. The van der Waals surface area contributed by atoms with E-state index in [0.29, 0.717) is 10.3 Å². The molecule has 0 saturated carbocycles. The number of hydrogen-bond acceptors (Lipinski definition) is 3. The molecule has 0 saturated heterocycles. The molecule has 6 heteroatoms. The Morgan fingerprint density at radius 2 is 2.19 bits per heavy atom. The molecule has 0 aliphatic rings. The summed E-state index contributed by atoms with van der Waals surface area (Å²) in [5.74, 6) is 0. The van der Waals surface area contributed by atoms with Crippen molar-refractivity contribution in [2.75, 3.05) is 0 Å². The molecule has 0 aliphatic carbocycles. The summed E-state index contributed by atoms with van der Waals surface area (Å²) in [5.41, 5.74) is 0.172. The highest BCUT2D eigenvalue weighted by Crippen LogP contribution is 2.17. The first-order chi connectivity index (χ1) is 7.38. The van der Waals surface area contributed by atoms with Crippen LogP contribution in [-0.4, -0.2) is 25.9 Å². The predicted octanol–water partition coefficient (Wildman–Crippen LogP) is 2.68. The monoisotopic (exact) mass is 285 g/mol. The molecule has 16 heavy (non-hydrogen) atoms. The summed E-state index contributed by atoms with van der Waals surface area (Å²) in [6, 6.07) is 1.75. The lowest BCUT2D eigenvalue weighted by atomic mass is 10.2. The van der Waals surface area contributed by atoms with Crippen molar-refractivity contribution in [2.24, 2.45) is 0 Å². The lowest BCUT2D eigenvalue weighted by molar-refractivity contribution is 0.0503. The first kappa shape index (κ1) is 11.2. The molecule has 0 spiro atoms. The van der Waals surface area contributed by atoms with Gasteiger partial charge in [0.15, 0.2) is 5.65 Å². The zero-order valence-corrected chi connectivity index (χ0v) is 10.9. The van der Waals surface area contributed by atoms with Gasteiger partial charge < -0.3 is 4.74 Å². The van der Waals surface area contributed by atoms with E-state index in [1.807, 2.05) is 20.8 Å². The van der Waals surface area contributed by atoms with Gasteiger partial charge in [0.1, 0.15) is 10.2 Å². The van der Waals surface area contributed by atoms with Crippen LogP contribution in [-0.2, 0) is 4.74 Å². The Morgan fingerprint density at radius 3 is 2.81 bits per heavy atom. The average molecular weight is 286 g/mol. The maximum Gasteiger partial charge on any atom is 0.435 e. The minimum Gasteiger partial charge on any atom is -0.442 e. The van der Waals surface area contributed by atoms with Crippen LogP contribution in [0.15, 0.2) is 23.1 Å². The van der Waals surface area contributed by atoms with Crippen molar-refractivity contribution in [3.05, 3.63) is 23.1 Å². The molecule has 0 atom stereocenters. The fraction of sp³-hybridized carbons (Fsp3) is 0.400. The molecule has 0 unspecified atom stereocenters. The molecule has 0 amide bonds. The third-order valence-corrected chi connectivity index (χ3v) is 2.45. The molecule has 0 N–H and O–H groups in total. The van der Waals surface area contributed by atoms with Gasteiger partial charge in [0, 0.05) is 18.5 Å². The number of rotatable bonds is 0. The van der Waals surface area contributed by atoms with Crippen molar-refractivity contribution in [1.82, 2.24) is 14.2 Å². The molecular formula is C10H12BrN3O2. The number of fused-ring (bicyclic) bond motifs is 1. The number of carbonyl (C=O) groups excluding carboxylic acids is 1. The van der Waals surface area contributed by atoms with Crippen molar-refractivity contribution in [3.63, 3.8) is 0 Å². The number of nitrogens with zero attached hydrogens (tertiary/aromatic N) is 3. The number of carbonyl (C=O) groups is 1. The van der Waals surface area contributed by atoms with Crippen molar-refractivity contribution in [3.8, 4) is 0 Å². The smallest absolute Gasteiger partial charge is 0.435 e. The van der Waals surface area contributed by atoms with Crippen molar-refractivity contribution < 1.29 is 9.53 Å². The van der Waals surface area contributed by atoms with Crippen LogP contribution in [0.4, 0.5) is 4.79 Å². The van der Waals surface area contributed by atoms with E-state index in [-0.39, 0.29) is 0 Å². The van der Waals surface area contributed by atoms with Crippen LogP contribution in [0.1, 0.15) is 20.8 Å². The van der Waals surface area contributed by atoms with Gasteiger partial charge in [-0.05, 0) is 36.7 Å². The molecule has 0 aromatic carbocycles. The van der Waals surface area contributed by atoms with Crippen LogP contribution >= 0.6 is 15.9 Å². The van der Waals surface area contributed by atoms with Crippen LogP contribution in [0.2, 0.25) is 0 Å². The van der Waals surface area contributed by atoms with Gasteiger partial charge in [0.05, 0.1) is 0 Å². The van der Waals surface area contributed by atoms with Crippen LogP contribution in [0.25, 0.3) is 5.65 Å². The summed E-state index contributed by atoms with van der Waals surface area (Å²) in [7, 11) is 0. The van der Waals surface area contributed by atoms with Crippen LogP contribution in [0, 0.1) is 0 Å². The maximum atomic E-state index is 11.9. The van der Waals surface area contributed by atoms with E-state index in [0.717, 1.165) is 0 Å². The molecule has 2 heterocycles. The van der Waals surface area contributed by atoms with Gasteiger partial charge in [0.2, 0.25) is 0 Å². The van der Waals surface area contributed by atoms with Crippen molar-refractivity contribution >= 4 is 27.7 Å². The van der Waals surface area contributed by atoms with E-state index in [9.17, 15) is 4.79 Å². The van der Waals surface area contributed by atoms with Gasteiger partial charge >= 0.3 is 6.09 Å². The molecule has 2 aromatic heterocycles. The molecular weight excluding hydrogens is 274 g/mol. The fourth-order valence-corrected chi connectivity index (χ4v) is 1.85. The lowest BCUT2D eigenvalue weighted by Gasteiger charge is -2.19. The van der Waals surface area contributed by atoms with Crippen LogP contribution in [0.3, 0.4) is 0 Å². The highest BCUT2D eigenvalue weighted by atomic mass is 79.9. The highest BCUT2D eigenvalue weighted by Gasteiger charge is 2.21. The Kier molecular flexibility index (Phi) is 2.53. The maximum absolute atomic E-state index is 11.9.